The summed E-state index contributed by atoms with van der Waals surface area (Å²) in [6, 6.07) is 13.9. The van der Waals surface area contributed by atoms with Crippen LogP contribution in [0.3, 0.4) is 0 Å². The first-order valence-electron chi connectivity index (χ1n) is 7.05. The van der Waals surface area contributed by atoms with E-state index in [0.29, 0.717) is 30.3 Å². The van der Waals surface area contributed by atoms with Gasteiger partial charge >= 0.3 is 5.97 Å². The van der Waals surface area contributed by atoms with Gasteiger partial charge in [-0.25, -0.2) is 9.18 Å². The third kappa shape index (κ3) is 5.14. The SMILES string of the molecule is N#CC(=Cc1ccc(OCCOc2ccc(F)cc2)cc1)C(=O)O. The van der Waals surface area contributed by atoms with Crippen LogP contribution in [0.2, 0.25) is 0 Å². The lowest BCUT2D eigenvalue weighted by Crippen LogP contribution is -2.08. The van der Waals surface area contributed by atoms with Gasteiger partial charge in [-0.15, -0.1) is 0 Å². The van der Waals surface area contributed by atoms with Crippen LogP contribution in [0, 0.1) is 17.1 Å². The van der Waals surface area contributed by atoms with Gasteiger partial charge in [0.25, 0.3) is 0 Å². The van der Waals surface area contributed by atoms with Gasteiger partial charge in [0.15, 0.2) is 0 Å². The molecule has 122 valence electrons. The molecule has 2 aromatic carbocycles. The number of ether oxygens (including phenoxy) is 2. The molecule has 2 rings (SSSR count). The van der Waals surface area contributed by atoms with Crippen molar-refractivity contribution in [3.8, 4) is 17.6 Å². The maximum atomic E-state index is 12.7. The molecular formula is C18H14FNO4. The Bertz CT molecular complexity index is 761. The molecule has 0 aliphatic carbocycles. The molecule has 0 bridgehead atoms. The van der Waals surface area contributed by atoms with Crippen molar-refractivity contribution in [1.29, 1.82) is 5.26 Å². The van der Waals surface area contributed by atoms with Crippen LogP contribution in [0.5, 0.6) is 11.5 Å². The lowest BCUT2D eigenvalue weighted by Gasteiger charge is -2.08. The van der Waals surface area contributed by atoms with E-state index in [1.165, 1.54) is 30.3 Å². The number of hydrogen-bond donors (Lipinski definition) is 1. The molecule has 0 heterocycles. The van der Waals surface area contributed by atoms with Gasteiger partial charge in [0.2, 0.25) is 0 Å². The highest BCUT2D eigenvalue weighted by Gasteiger charge is 2.05. The minimum atomic E-state index is -1.27. The van der Waals surface area contributed by atoms with E-state index in [1.807, 2.05) is 0 Å². The Balaban J connectivity index is 1.83. The van der Waals surface area contributed by atoms with E-state index in [9.17, 15) is 9.18 Å². The Morgan fingerprint density at radius 3 is 2.00 bits per heavy atom. The fourth-order valence-corrected chi connectivity index (χ4v) is 1.82. The summed E-state index contributed by atoms with van der Waals surface area (Å²) in [7, 11) is 0. The molecule has 0 spiro atoms. The van der Waals surface area contributed by atoms with Crippen LogP contribution in [0.4, 0.5) is 4.39 Å². The van der Waals surface area contributed by atoms with Crippen LogP contribution >= 0.6 is 0 Å². The highest BCUT2D eigenvalue weighted by Crippen LogP contribution is 2.15. The average Bonchev–Trinajstić information content (AvgIpc) is 2.59. The summed E-state index contributed by atoms with van der Waals surface area (Å²) in [5, 5.41) is 17.5. The Hall–Kier alpha value is -3.33. The molecule has 5 nitrogen and oxygen atoms in total. The number of carboxylic acids is 1. The van der Waals surface area contributed by atoms with Crippen LogP contribution in [0.15, 0.2) is 54.1 Å². The van der Waals surface area contributed by atoms with Gasteiger partial charge in [-0.3, -0.25) is 0 Å². The number of benzene rings is 2. The van der Waals surface area contributed by atoms with Crippen molar-refractivity contribution in [1.82, 2.24) is 0 Å². The largest absolute Gasteiger partial charge is 0.490 e. The van der Waals surface area contributed by atoms with Gasteiger partial charge in [-0.1, -0.05) is 12.1 Å². The molecule has 0 amide bonds. The number of aliphatic carboxylic acids is 1. The molecule has 0 radical (unpaired) electrons. The first-order valence-corrected chi connectivity index (χ1v) is 7.05. The molecule has 0 saturated heterocycles. The lowest BCUT2D eigenvalue weighted by molar-refractivity contribution is -0.132. The molecule has 0 atom stereocenters. The third-order valence-electron chi connectivity index (χ3n) is 2.98. The van der Waals surface area contributed by atoms with Gasteiger partial charge in [0.05, 0.1) is 0 Å². The Morgan fingerprint density at radius 2 is 1.54 bits per heavy atom. The summed E-state index contributed by atoms with van der Waals surface area (Å²) in [5.41, 5.74) is 0.250. The molecule has 0 aromatic heterocycles. The molecule has 0 unspecified atom stereocenters. The predicted molar refractivity (Wildman–Crippen MR) is 85.1 cm³/mol. The fraction of sp³-hybridized carbons (Fsp3) is 0.111. The van der Waals surface area contributed by atoms with Crippen molar-refractivity contribution < 1.29 is 23.8 Å². The summed E-state index contributed by atoms with van der Waals surface area (Å²) in [6.07, 6.45) is 1.28. The van der Waals surface area contributed by atoms with E-state index in [4.69, 9.17) is 19.8 Å². The van der Waals surface area contributed by atoms with Crippen LogP contribution in [-0.4, -0.2) is 24.3 Å². The maximum Gasteiger partial charge on any atom is 0.346 e. The van der Waals surface area contributed by atoms with E-state index in [0.717, 1.165) is 0 Å². The normalized spacial score (nSPS) is 10.8. The number of rotatable bonds is 7. The lowest BCUT2D eigenvalue weighted by atomic mass is 10.1. The van der Waals surface area contributed by atoms with Crippen molar-refractivity contribution in [3.63, 3.8) is 0 Å². The van der Waals surface area contributed by atoms with E-state index < -0.39 is 5.97 Å². The summed E-state index contributed by atoms with van der Waals surface area (Å²) < 4.78 is 23.6. The van der Waals surface area contributed by atoms with Crippen LogP contribution in [-0.2, 0) is 4.79 Å². The fourth-order valence-electron chi connectivity index (χ4n) is 1.82. The number of halogens is 1. The molecule has 0 fully saturated rings. The minimum Gasteiger partial charge on any atom is -0.490 e. The zero-order valence-corrected chi connectivity index (χ0v) is 12.6. The van der Waals surface area contributed by atoms with E-state index >= 15 is 0 Å². The number of hydrogen-bond acceptors (Lipinski definition) is 4. The van der Waals surface area contributed by atoms with E-state index in [-0.39, 0.29) is 11.4 Å². The van der Waals surface area contributed by atoms with Gasteiger partial charge in [-0.2, -0.15) is 5.26 Å². The second-order valence-corrected chi connectivity index (χ2v) is 4.69. The highest BCUT2D eigenvalue weighted by molar-refractivity contribution is 5.96. The van der Waals surface area contributed by atoms with E-state index in [2.05, 4.69) is 0 Å². The zero-order valence-electron chi connectivity index (χ0n) is 12.6. The smallest absolute Gasteiger partial charge is 0.346 e. The van der Waals surface area contributed by atoms with E-state index in [1.54, 1.807) is 30.3 Å². The molecule has 0 aliphatic rings. The summed E-state index contributed by atoms with van der Waals surface area (Å²) in [6.45, 7) is 0.593. The standard InChI is InChI=1S/C18H14FNO4/c19-15-3-7-17(8-4-15)24-10-9-23-16-5-1-13(2-6-16)11-14(12-20)18(21)22/h1-8,11H,9-10H2,(H,21,22). The highest BCUT2D eigenvalue weighted by atomic mass is 19.1. The molecule has 24 heavy (non-hydrogen) atoms. The van der Waals surface area contributed by atoms with Crippen molar-refractivity contribution >= 4 is 12.0 Å². The van der Waals surface area contributed by atoms with Gasteiger partial charge in [0, 0.05) is 0 Å². The maximum absolute atomic E-state index is 12.7. The molecular weight excluding hydrogens is 313 g/mol. The monoisotopic (exact) mass is 327 g/mol. The molecule has 0 saturated carbocycles. The number of nitrogens with zero attached hydrogens (tertiary/aromatic N) is 1. The topological polar surface area (TPSA) is 79.5 Å². The minimum absolute atomic E-state index is 0.297. The molecule has 2 aromatic rings. The first-order chi connectivity index (χ1) is 11.6. The second kappa shape index (κ2) is 8.34. The van der Waals surface area contributed by atoms with Crippen molar-refractivity contribution in [2.24, 2.45) is 0 Å². The summed E-state index contributed by atoms with van der Waals surface area (Å²) in [4.78, 5) is 10.8. The summed E-state index contributed by atoms with van der Waals surface area (Å²) >= 11 is 0. The Labute approximate surface area is 138 Å². The predicted octanol–water partition coefficient (Wildman–Crippen LogP) is 3.28. The second-order valence-electron chi connectivity index (χ2n) is 4.69. The van der Waals surface area contributed by atoms with Crippen molar-refractivity contribution in [2.45, 2.75) is 0 Å². The average molecular weight is 327 g/mol. The summed E-state index contributed by atoms with van der Waals surface area (Å²) in [5.74, 6) is -0.451. The van der Waals surface area contributed by atoms with Gasteiger partial charge in [0.1, 0.15) is 42.2 Å². The quantitative estimate of drug-likeness (QED) is 0.479. The van der Waals surface area contributed by atoms with Gasteiger partial charge in [-0.05, 0) is 48.0 Å². The van der Waals surface area contributed by atoms with Crippen molar-refractivity contribution in [3.05, 3.63) is 65.5 Å². The molecule has 0 aliphatic heterocycles. The van der Waals surface area contributed by atoms with Gasteiger partial charge < -0.3 is 14.6 Å². The molecule has 6 heteroatoms. The number of carbonyl (C=O) groups is 1. The Kier molecular flexibility index (Phi) is 5.92. The first kappa shape index (κ1) is 17.0. The van der Waals surface area contributed by atoms with Crippen LogP contribution in [0.25, 0.3) is 6.08 Å². The Morgan fingerprint density at radius 1 is 1.04 bits per heavy atom. The van der Waals surface area contributed by atoms with Crippen molar-refractivity contribution in [2.75, 3.05) is 13.2 Å². The number of carboxylic acid groups (broad SMARTS) is 1. The molecule has 1 N–H and O–H groups in total. The van der Waals surface area contributed by atoms with Crippen LogP contribution in [0.1, 0.15) is 5.56 Å². The number of nitriles is 1. The third-order valence-corrected chi connectivity index (χ3v) is 2.98. The van der Waals surface area contributed by atoms with Crippen LogP contribution < -0.4 is 9.47 Å². The zero-order chi connectivity index (χ0) is 17.4.